The lowest BCUT2D eigenvalue weighted by Crippen LogP contribution is -2.47. The lowest BCUT2D eigenvalue weighted by atomic mass is 10.1. The molecule has 5 nitrogen and oxygen atoms in total. The normalized spacial score (nSPS) is 25.0. The van der Waals surface area contributed by atoms with Crippen molar-refractivity contribution in [2.24, 2.45) is 5.92 Å². The van der Waals surface area contributed by atoms with E-state index in [9.17, 15) is 4.79 Å². The number of amides is 2. The number of urea groups is 1. The monoisotopic (exact) mass is 345 g/mol. The molecule has 3 rings (SSSR count). The largest absolute Gasteiger partial charge is 0.376 e. The predicted molar refractivity (Wildman–Crippen MR) is 99.7 cm³/mol. The van der Waals surface area contributed by atoms with Crippen molar-refractivity contribution in [1.82, 2.24) is 15.5 Å². The van der Waals surface area contributed by atoms with Gasteiger partial charge in [0.25, 0.3) is 0 Å². The van der Waals surface area contributed by atoms with Crippen molar-refractivity contribution in [1.29, 1.82) is 0 Å². The van der Waals surface area contributed by atoms with E-state index in [1.165, 1.54) is 5.56 Å². The average molecular weight is 345 g/mol. The van der Waals surface area contributed by atoms with Gasteiger partial charge in [-0.25, -0.2) is 4.79 Å². The van der Waals surface area contributed by atoms with Crippen LogP contribution in [0.25, 0.3) is 0 Å². The molecule has 2 aliphatic heterocycles. The maximum absolute atomic E-state index is 12.1. The third kappa shape index (κ3) is 5.72. The minimum Gasteiger partial charge on any atom is -0.376 e. The van der Waals surface area contributed by atoms with Crippen LogP contribution in [0.15, 0.2) is 30.3 Å². The Morgan fingerprint density at radius 1 is 1.32 bits per heavy atom. The van der Waals surface area contributed by atoms with Crippen LogP contribution in [0.5, 0.6) is 0 Å². The Labute approximate surface area is 151 Å². The highest BCUT2D eigenvalue weighted by molar-refractivity contribution is 5.74. The van der Waals surface area contributed by atoms with Crippen molar-refractivity contribution in [2.75, 3.05) is 32.8 Å². The van der Waals surface area contributed by atoms with Gasteiger partial charge in [0.15, 0.2) is 0 Å². The molecule has 2 heterocycles. The number of rotatable bonds is 7. The fraction of sp³-hybridized carbons (Fsp3) is 0.650. The van der Waals surface area contributed by atoms with E-state index in [1.54, 1.807) is 0 Å². The molecule has 3 atom stereocenters. The highest BCUT2D eigenvalue weighted by Gasteiger charge is 2.25. The zero-order valence-electron chi connectivity index (χ0n) is 15.2. The van der Waals surface area contributed by atoms with Crippen molar-refractivity contribution in [3.8, 4) is 0 Å². The minimum absolute atomic E-state index is 0.0641. The summed E-state index contributed by atoms with van der Waals surface area (Å²) in [6, 6.07) is 10.7. The third-order valence-electron chi connectivity index (χ3n) is 5.36. The van der Waals surface area contributed by atoms with Gasteiger partial charge in [-0.1, -0.05) is 30.3 Å². The standard InChI is InChI=1S/C20H31N3O2/c1-16(19-8-5-13-25-19)22-20(24)21-14-18-10-12-23(15-18)11-9-17-6-3-2-4-7-17/h2-4,6-7,16,18-19H,5,8-15H2,1H3,(H2,21,22,24). The Kier molecular flexibility index (Phi) is 6.70. The zero-order chi connectivity index (χ0) is 17.5. The van der Waals surface area contributed by atoms with Crippen LogP contribution in [0.3, 0.4) is 0 Å². The Morgan fingerprint density at radius 2 is 2.16 bits per heavy atom. The summed E-state index contributed by atoms with van der Waals surface area (Å²) in [5, 5.41) is 6.06. The van der Waals surface area contributed by atoms with E-state index in [0.717, 1.165) is 58.5 Å². The molecule has 0 bridgehead atoms. The molecule has 2 aliphatic rings. The number of nitrogens with one attached hydrogen (secondary N) is 2. The molecule has 0 aromatic heterocycles. The molecule has 0 radical (unpaired) electrons. The number of carbonyl (C=O) groups is 1. The van der Waals surface area contributed by atoms with Crippen molar-refractivity contribution < 1.29 is 9.53 Å². The lowest BCUT2D eigenvalue weighted by molar-refractivity contribution is 0.0860. The first-order chi connectivity index (χ1) is 12.2. The Morgan fingerprint density at radius 3 is 2.92 bits per heavy atom. The zero-order valence-corrected chi connectivity index (χ0v) is 15.2. The van der Waals surface area contributed by atoms with Gasteiger partial charge in [0.05, 0.1) is 12.1 Å². The van der Waals surface area contributed by atoms with Crippen LogP contribution in [0.4, 0.5) is 4.79 Å². The van der Waals surface area contributed by atoms with E-state index in [-0.39, 0.29) is 18.2 Å². The van der Waals surface area contributed by atoms with Crippen LogP contribution in [0.2, 0.25) is 0 Å². The van der Waals surface area contributed by atoms with Crippen molar-refractivity contribution >= 4 is 6.03 Å². The summed E-state index contributed by atoms with van der Waals surface area (Å²) in [5.74, 6) is 0.555. The number of likely N-dealkylation sites (tertiary alicyclic amines) is 1. The van der Waals surface area contributed by atoms with Gasteiger partial charge in [-0.2, -0.15) is 0 Å². The molecule has 2 saturated heterocycles. The summed E-state index contributed by atoms with van der Waals surface area (Å²) in [7, 11) is 0. The SMILES string of the molecule is CC(NC(=O)NCC1CCN(CCc2ccccc2)C1)C1CCCO1. The molecule has 138 valence electrons. The van der Waals surface area contributed by atoms with Crippen LogP contribution in [-0.2, 0) is 11.2 Å². The molecule has 1 aromatic rings. The van der Waals surface area contributed by atoms with E-state index in [4.69, 9.17) is 4.74 Å². The van der Waals surface area contributed by atoms with E-state index in [2.05, 4.69) is 45.9 Å². The van der Waals surface area contributed by atoms with Crippen molar-refractivity contribution in [2.45, 2.75) is 44.8 Å². The number of hydrogen-bond donors (Lipinski definition) is 2. The van der Waals surface area contributed by atoms with Gasteiger partial charge in [-0.3, -0.25) is 0 Å². The number of ether oxygens (including phenoxy) is 1. The quantitative estimate of drug-likeness (QED) is 0.798. The third-order valence-corrected chi connectivity index (χ3v) is 5.36. The molecular formula is C20H31N3O2. The predicted octanol–water partition coefficient (Wildman–Crippen LogP) is 2.42. The lowest BCUT2D eigenvalue weighted by Gasteiger charge is -2.21. The molecule has 1 aromatic carbocycles. The van der Waals surface area contributed by atoms with Crippen LogP contribution in [0.1, 0.15) is 31.7 Å². The first kappa shape index (κ1) is 18.2. The molecular weight excluding hydrogens is 314 g/mol. The number of nitrogens with zero attached hydrogens (tertiary/aromatic N) is 1. The van der Waals surface area contributed by atoms with E-state index in [1.807, 2.05) is 6.92 Å². The summed E-state index contributed by atoms with van der Waals surface area (Å²) in [4.78, 5) is 14.6. The summed E-state index contributed by atoms with van der Waals surface area (Å²) in [5.41, 5.74) is 1.39. The van der Waals surface area contributed by atoms with Crippen molar-refractivity contribution in [3.63, 3.8) is 0 Å². The maximum Gasteiger partial charge on any atom is 0.315 e. The molecule has 0 aliphatic carbocycles. The maximum atomic E-state index is 12.1. The van der Waals surface area contributed by atoms with Gasteiger partial charge in [0.1, 0.15) is 0 Å². The van der Waals surface area contributed by atoms with Gasteiger partial charge in [-0.15, -0.1) is 0 Å². The molecule has 3 unspecified atom stereocenters. The Balaban J connectivity index is 1.30. The average Bonchev–Trinajstić information content (AvgIpc) is 3.31. The highest BCUT2D eigenvalue weighted by atomic mass is 16.5. The van der Waals surface area contributed by atoms with Gasteiger partial charge in [0.2, 0.25) is 0 Å². The van der Waals surface area contributed by atoms with E-state index >= 15 is 0 Å². The van der Waals surface area contributed by atoms with Crippen LogP contribution in [-0.4, -0.2) is 55.9 Å². The fourth-order valence-electron chi connectivity index (χ4n) is 3.80. The van der Waals surface area contributed by atoms with E-state index in [0.29, 0.717) is 5.92 Å². The summed E-state index contributed by atoms with van der Waals surface area (Å²) >= 11 is 0. The van der Waals surface area contributed by atoms with Gasteiger partial charge in [-0.05, 0) is 50.6 Å². The van der Waals surface area contributed by atoms with E-state index < -0.39 is 0 Å². The Bertz CT molecular complexity index is 531. The molecule has 0 spiro atoms. The second-order valence-electron chi connectivity index (χ2n) is 7.39. The van der Waals surface area contributed by atoms with Gasteiger partial charge >= 0.3 is 6.03 Å². The molecule has 2 N–H and O–H groups in total. The Hall–Kier alpha value is -1.59. The van der Waals surface area contributed by atoms with Gasteiger partial charge in [0, 0.05) is 26.2 Å². The minimum atomic E-state index is -0.0641. The summed E-state index contributed by atoms with van der Waals surface area (Å²) in [6.45, 7) is 6.91. The molecule has 5 heteroatoms. The van der Waals surface area contributed by atoms with Crippen LogP contribution >= 0.6 is 0 Å². The second-order valence-corrected chi connectivity index (χ2v) is 7.39. The second kappa shape index (κ2) is 9.20. The highest BCUT2D eigenvalue weighted by Crippen LogP contribution is 2.17. The first-order valence-electron chi connectivity index (χ1n) is 9.63. The molecule has 0 saturated carbocycles. The topological polar surface area (TPSA) is 53.6 Å². The van der Waals surface area contributed by atoms with Crippen LogP contribution < -0.4 is 10.6 Å². The molecule has 2 amide bonds. The first-order valence-corrected chi connectivity index (χ1v) is 9.63. The van der Waals surface area contributed by atoms with Crippen molar-refractivity contribution in [3.05, 3.63) is 35.9 Å². The smallest absolute Gasteiger partial charge is 0.315 e. The summed E-state index contributed by atoms with van der Waals surface area (Å²) in [6.07, 6.45) is 4.57. The van der Waals surface area contributed by atoms with Gasteiger partial charge < -0.3 is 20.3 Å². The summed E-state index contributed by atoms with van der Waals surface area (Å²) < 4.78 is 5.62. The number of benzene rings is 1. The molecule has 2 fully saturated rings. The fourth-order valence-corrected chi connectivity index (χ4v) is 3.80. The molecule has 25 heavy (non-hydrogen) atoms. The number of hydrogen-bond acceptors (Lipinski definition) is 3. The van der Waals surface area contributed by atoms with Crippen LogP contribution in [0, 0.1) is 5.92 Å². The number of carbonyl (C=O) groups excluding carboxylic acids is 1.